The quantitative estimate of drug-likeness (QED) is 0.754. The van der Waals surface area contributed by atoms with Gasteiger partial charge in [0.2, 0.25) is 10.0 Å². The fourth-order valence-corrected chi connectivity index (χ4v) is 3.19. The summed E-state index contributed by atoms with van der Waals surface area (Å²) >= 11 is 0. The summed E-state index contributed by atoms with van der Waals surface area (Å²) < 4.78 is 26.0. The molecule has 86 valence electrons. The normalized spacial score (nSPS) is 22.9. The fraction of sp³-hybridized carbons (Fsp3) is 0.400. The van der Waals surface area contributed by atoms with Crippen LogP contribution in [-0.4, -0.2) is 26.2 Å². The molecule has 1 saturated carbocycles. The van der Waals surface area contributed by atoms with Crippen LogP contribution in [0.15, 0.2) is 23.1 Å². The van der Waals surface area contributed by atoms with Crippen molar-refractivity contribution in [1.82, 2.24) is 4.72 Å². The minimum atomic E-state index is -3.45. The molecule has 16 heavy (non-hydrogen) atoms. The number of nitrogens with one attached hydrogen (secondary N) is 1. The summed E-state index contributed by atoms with van der Waals surface area (Å²) in [4.78, 5) is 2.21. The maximum absolute atomic E-state index is 11.8. The first-order valence-electron chi connectivity index (χ1n) is 5.17. The second-order valence-electron chi connectivity index (χ2n) is 4.16. The number of anilines is 1. The highest BCUT2D eigenvalue weighted by Gasteiger charge is 2.36. The number of phenols is 1. The molecule has 2 aliphatic rings. The Kier molecular flexibility index (Phi) is 1.93. The van der Waals surface area contributed by atoms with Crippen molar-refractivity contribution in [1.29, 1.82) is 0 Å². The molecule has 5 nitrogen and oxygen atoms in total. The number of rotatable bonds is 1. The molecule has 1 aromatic rings. The highest BCUT2D eigenvalue weighted by atomic mass is 32.2. The van der Waals surface area contributed by atoms with Crippen LogP contribution in [0.2, 0.25) is 0 Å². The van der Waals surface area contributed by atoms with Gasteiger partial charge in [-0.25, -0.2) is 8.42 Å². The highest BCUT2D eigenvalue weighted by molar-refractivity contribution is 7.89. The van der Waals surface area contributed by atoms with Crippen molar-refractivity contribution in [2.24, 2.45) is 0 Å². The van der Waals surface area contributed by atoms with E-state index in [1.54, 1.807) is 6.07 Å². The van der Waals surface area contributed by atoms with Gasteiger partial charge in [-0.2, -0.15) is 4.72 Å². The Morgan fingerprint density at radius 1 is 1.38 bits per heavy atom. The van der Waals surface area contributed by atoms with Gasteiger partial charge in [0.25, 0.3) is 0 Å². The summed E-state index contributed by atoms with van der Waals surface area (Å²) in [6, 6.07) is 4.93. The Bertz CT molecular complexity index is 537. The predicted octanol–water partition coefficient (Wildman–Crippen LogP) is 0.610. The van der Waals surface area contributed by atoms with Gasteiger partial charge in [0.15, 0.2) is 0 Å². The van der Waals surface area contributed by atoms with Crippen LogP contribution in [0.25, 0.3) is 0 Å². The fourth-order valence-electron chi connectivity index (χ4n) is 1.98. The van der Waals surface area contributed by atoms with E-state index in [1.165, 1.54) is 12.1 Å². The first-order valence-corrected chi connectivity index (χ1v) is 6.65. The summed E-state index contributed by atoms with van der Waals surface area (Å²) in [6.07, 6.45) is 2.20. The lowest BCUT2D eigenvalue weighted by Crippen LogP contribution is -2.44. The zero-order chi connectivity index (χ0) is 11.3. The number of nitrogens with zero attached hydrogens (tertiary/aromatic N) is 1. The van der Waals surface area contributed by atoms with Gasteiger partial charge in [-0.1, -0.05) is 0 Å². The SMILES string of the molecule is O=S1(=O)NCN(C2CC2)c2ccc(O)cc21. The predicted molar refractivity (Wildman–Crippen MR) is 58.8 cm³/mol. The second kappa shape index (κ2) is 3.11. The zero-order valence-electron chi connectivity index (χ0n) is 8.55. The Hall–Kier alpha value is -1.27. The number of phenolic OH excluding ortho intramolecular Hbond substituents is 1. The van der Waals surface area contributed by atoms with Gasteiger partial charge in [0, 0.05) is 12.1 Å². The number of hydrogen-bond donors (Lipinski definition) is 2. The van der Waals surface area contributed by atoms with E-state index in [0.717, 1.165) is 12.8 Å². The smallest absolute Gasteiger partial charge is 0.244 e. The molecule has 1 aliphatic heterocycles. The molecular formula is C10H12N2O3S. The van der Waals surface area contributed by atoms with Crippen molar-refractivity contribution in [2.45, 2.75) is 23.8 Å². The molecule has 2 N–H and O–H groups in total. The summed E-state index contributed by atoms with van der Waals surface area (Å²) in [5.41, 5.74) is 0.694. The highest BCUT2D eigenvalue weighted by Crippen LogP contribution is 2.38. The zero-order valence-corrected chi connectivity index (χ0v) is 9.37. The van der Waals surface area contributed by atoms with Crippen LogP contribution in [0.5, 0.6) is 5.75 Å². The summed E-state index contributed by atoms with van der Waals surface area (Å²) in [6.45, 7) is 0.324. The van der Waals surface area contributed by atoms with Gasteiger partial charge in [-0.05, 0) is 25.0 Å². The van der Waals surface area contributed by atoms with Crippen LogP contribution in [0.1, 0.15) is 12.8 Å². The largest absolute Gasteiger partial charge is 0.508 e. The van der Waals surface area contributed by atoms with E-state index < -0.39 is 10.0 Å². The molecule has 0 aromatic heterocycles. The van der Waals surface area contributed by atoms with Crippen molar-refractivity contribution in [3.63, 3.8) is 0 Å². The molecule has 6 heteroatoms. The molecule has 0 radical (unpaired) electrons. The van der Waals surface area contributed by atoms with Crippen LogP contribution in [0.3, 0.4) is 0 Å². The molecule has 0 amide bonds. The minimum absolute atomic E-state index is 0.0261. The Morgan fingerprint density at radius 2 is 2.12 bits per heavy atom. The number of benzene rings is 1. The van der Waals surface area contributed by atoms with Gasteiger partial charge in [0.05, 0.1) is 12.4 Å². The number of sulfonamides is 1. The lowest BCUT2D eigenvalue weighted by atomic mass is 10.2. The van der Waals surface area contributed by atoms with E-state index in [4.69, 9.17) is 0 Å². The van der Waals surface area contributed by atoms with Crippen LogP contribution >= 0.6 is 0 Å². The molecule has 1 aliphatic carbocycles. The van der Waals surface area contributed by atoms with Crippen LogP contribution in [-0.2, 0) is 10.0 Å². The molecule has 1 fully saturated rings. The Balaban J connectivity index is 2.17. The van der Waals surface area contributed by atoms with E-state index in [0.29, 0.717) is 18.4 Å². The molecular weight excluding hydrogens is 228 g/mol. The summed E-state index contributed by atoms with van der Waals surface area (Å²) in [7, 11) is -3.45. The molecule has 1 heterocycles. The number of hydrogen-bond acceptors (Lipinski definition) is 4. The van der Waals surface area contributed by atoms with Crippen molar-refractivity contribution in [3.8, 4) is 5.75 Å². The topological polar surface area (TPSA) is 69.6 Å². The van der Waals surface area contributed by atoms with Gasteiger partial charge in [-0.15, -0.1) is 0 Å². The maximum atomic E-state index is 11.8. The van der Waals surface area contributed by atoms with Crippen LogP contribution < -0.4 is 9.62 Å². The van der Waals surface area contributed by atoms with E-state index in [1.807, 2.05) is 4.90 Å². The third kappa shape index (κ3) is 1.45. The first kappa shape index (κ1) is 9.92. The monoisotopic (exact) mass is 240 g/mol. The van der Waals surface area contributed by atoms with E-state index in [-0.39, 0.29) is 10.6 Å². The first-order chi connectivity index (χ1) is 7.58. The second-order valence-corrected chi connectivity index (χ2v) is 5.89. The summed E-state index contributed by atoms with van der Waals surface area (Å²) in [5, 5.41) is 9.35. The van der Waals surface area contributed by atoms with Gasteiger partial charge in [-0.3, -0.25) is 0 Å². The average molecular weight is 240 g/mol. The lowest BCUT2D eigenvalue weighted by Gasteiger charge is -2.31. The Labute approximate surface area is 93.7 Å². The third-order valence-corrected chi connectivity index (χ3v) is 4.37. The minimum Gasteiger partial charge on any atom is -0.508 e. The molecule has 0 saturated heterocycles. The number of aromatic hydroxyl groups is 1. The standard InChI is InChI=1S/C10H12N2O3S/c13-8-3-4-9-10(5-8)16(14,15)11-6-12(9)7-1-2-7/h3-5,7,11,13H,1-2,6H2. The average Bonchev–Trinajstić information content (AvgIpc) is 3.03. The van der Waals surface area contributed by atoms with Crippen molar-refractivity contribution in [2.75, 3.05) is 11.6 Å². The molecule has 0 unspecified atom stereocenters. The summed E-state index contributed by atoms with van der Waals surface area (Å²) in [5.74, 6) is -0.0261. The number of fused-ring (bicyclic) bond motifs is 1. The molecule has 0 bridgehead atoms. The van der Waals surface area contributed by atoms with Crippen molar-refractivity contribution in [3.05, 3.63) is 18.2 Å². The van der Waals surface area contributed by atoms with E-state index in [9.17, 15) is 13.5 Å². The van der Waals surface area contributed by atoms with E-state index >= 15 is 0 Å². The molecule has 3 rings (SSSR count). The maximum Gasteiger partial charge on any atom is 0.244 e. The van der Waals surface area contributed by atoms with E-state index in [2.05, 4.69) is 4.72 Å². The molecule has 1 aromatic carbocycles. The van der Waals surface area contributed by atoms with Gasteiger partial charge in [0.1, 0.15) is 10.6 Å². The van der Waals surface area contributed by atoms with Gasteiger partial charge < -0.3 is 10.0 Å². The van der Waals surface area contributed by atoms with Crippen LogP contribution in [0, 0.1) is 0 Å². The lowest BCUT2D eigenvalue weighted by molar-refractivity contribution is 0.472. The third-order valence-electron chi connectivity index (χ3n) is 2.95. The molecule has 0 atom stereocenters. The van der Waals surface area contributed by atoms with Gasteiger partial charge >= 0.3 is 0 Å². The Morgan fingerprint density at radius 3 is 2.81 bits per heavy atom. The van der Waals surface area contributed by atoms with Crippen molar-refractivity contribution >= 4 is 15.7 Å². The van der Waals surface area contributed by atoms with Crippen molar-refractivity contribution < 1.29 is 13.5 Å². The van der Waals surface area contributed by atoms with Crippen LogP contribution in [0.4, 0.5) is 5.69 Å². The molecule has 0 spiro atoms.